The first kappa shape index (κ1) is 18.2. The van der Waals surface area contributed by atoms with Crippen LogP contribution in [0.3, 0.4) is 0 Å². The highest BCUT2D eigenvalue weighted by Crippen LogP contribution is 2.20. The number of hydrogen-bond acceptors (Lipinski definition) is 2. The van der Waals surface area contributed by atoms with Gasteiger partial charge in [0.2, 0.25) is 0 Å². The second kappa shape index (κ2) is 6.59. The van der Waals surface area contributed by atoms with Crippen molar-refractivity contribution < 1.29 is 18.0 Å². The zero-order valence-electron chi connectivity index (χ0n) is 12.4. The van der Waals surface area contributed by atoms with E-state index in [1.807, 2.05) is 19.2 Å². The van der Waals surface area contributed by atoms with Gasteiger partial charge >= 0.3 is 12.1 Å². The second-order valence-corrected chi connectivity index (χ2v) is 6.47. The van der Waals surface area contributed by atoms with Gasteiger partial charge in [-0.25, -0.2) is 0 Å². The van der Waals surface area contributed by atoms with E-state index in [-0.39, 0.29) is 12.0 Å². The first-order valence-corrected chi connectivity index (χ1v) is 6.45. The van der Waals surface area contributed by atoms with E-state index in [2.05, 4.69) is 26.1 Å². The lowest BCUT2D eigenvalue weighted by atomic mass is 9.88. The Bertz CT molecular complexity index is 299. The molecule has 0 rings (SSSR count). The van der Waals surface area contributed by atoms with Crippen molar-refractivity contribution in [3.8, 4) is 0 Å². The van der Waals surface area contributed by atoms with E-state index in [0.29, 0.717) is 6.54 Å². The molecule has 0 atom stereocenters. The molecule has 2 N–H and O–H groups in total. The van der Waals surface area contributed by atoms with Crippen LogP contribution in [0.15, 0.2) is 0 Å². The number of rotatable bonds is 7. The molecular weight excluding hydrogens is 257 g/mol. The van der Waals surface area contributed by atoms with Crippen LogP contribution in [-0.2, 0) is 4.79 Å². The Morgan fingerprint density at radius 1 is 0.947 bits per heavy atom. The molecule has 0 bridgehead atoms. The molecule has 0 aliphatic carbocycles. The highest BCUT2D eigenvalue weighted by atomic mass is 19.4. The SMILES string of the molecule is CCC(C)(C)CNCC(C)(C)CNC(=O)C(F)(F)F. The van der Waals surface area contributed by atoms with Crippen molar-refractivity contribution in [1.82, 2.24) is 10.6 Å². The summed E-state index contributed by atoms with van der Waals surface area (Å²) in [5.74, 6) is -1.88. The summed E-state index contributed by atoms with van der Waals surface area (Å²) in [4.78, 5) is 10.7. The summed E-state index contributed by atoms with van der Waals surface area (Å²) >= 11 is 0. The van der Waals surface area contributed by atoms with Gasteiger partial charge in [-0.15, -0.1) is 0 Å². The Hall–Kier alpha value is -0.780. The Kier molecular flexibility index (Phi) is 6.32. The lowest BCUT2D eigenvalue weighted by molar-refractivity contribution is -0.174. The fourth-order valence-corrected chi connectivity index (χ4v) is 1.35. The van der Waals surface area contributed by atoms with Gasteiger partial charge in [-0.05, 0) is 17.3 Å². The van der Waals surface area contributed by atoms with Crippen LogP contribution in [0, 0.1) is 10.8 Å². The summed E-state index contributed by atoms with van der Waals surface area (Å²) in [7, 11) is 0. The molecular formula is C13H25F3N2O. The van der Waals surface area contributed by atoms with E-state index >= 15 is 0 Å². The van der Waals surface area contributed by atoms with Crippen LogP contribution in [0.5, 0.6) is 0 Å². The van der Waals surface area contributed by atoms with Gasteiger partial charge in [0.1, 0.15) is 0 Å². The lowest BCUT2D eigenvalue weighted by Crippen LogP contribution is -2.45. The smallest absolute Gasteiger partial charge is 0.348 e. The first-order chi connectivity index (χ1) is 8.40. The molecule has 0 spiro atoms. The summed E-state index contributed by atoms with van der Waals surface area (Å²) in [6.45, 7) is 11.3. The number of hydrogen-bond donors (Lipinski definition) is 2. The van der Waals surface area contributed by atoms with Crippen LogP contribution in [0.25, 0.3) is 0 Å². The molecule has 0 aromatic heterocycles. The minimum absolute atomic E-state index is 0.00903. The zero-order valence-corrected chi connectivity index (χ0v) is 12.4. The number of amides is 1. The molecule has 0 aliphatic heterocycles. The molecule has 6 heteroatoms. The number of carbonyl (C=O) groups is 1. The molecule has 114 valence electrons. The van der Waals surface area contributed by atoms with Crippen LogP contribution in [-0.4, -0.2) is 31.7 Å². The third-order valence-electron chi connectivity index (χ3n) is 3.15. The Morgan fingerprint density at radius 2 is 1.42 bits per heavy atom. The molecule has 0 aliphatic rings. The highest BCUT2D eigenvalue weighted by molar-refractivity contribution is 5.81. The maximum atomic E-state index is 12.1. The van der Waals surface area contributed by atoms with E-state index in [0.717, 1.165) is 13.0 Å². The van der Waals surface area contributed by atoms with Gasteiger partial charge < -0.3 is 10.6 Å². The summed E-state index contributed by atoms with van der Waals surface area (Å²) in [5, 5.41) is 5.17. The molecule has 0 saturated heterocycles. The van der Waals surface area contributed by atoms with Crippen molar-refractivity contribution in [3.05, 3.63) is 0 Å². The molecule has 0 fully saturated rings. The Balaban J connectivity index is 4.10. The predicted octanol–water partition coefficient (Wildman–Crippen LogP) is 2.72. The van der Waals surface area contributed by atoms with Gasteiger partial charge in [0.25, 0.3) is 0 Å². The maximum Gasteiger partial charge on any atom is 0.471 e. The van der Waals surface area contributed by atoms with Crippen molar-refractivity contribution in [2.24, 2.45) is 10.8 Å². The fourth-order valence-electron chi connectivity index (χ4n) is 1.35. The van der Waals surface area contributed by atoms with Crippen LogP contribution < -0.4 is 10.6 Å². The fraction of sp³-hybridized carbons (Fsp3) is 0.923. The largest absolute Gasteiger partial charge is 0.471 e. The monoisotopic (exact) mass is 282 g/mol. The molecule has 0 heterocycles. The molecule has 0 saturated carbocycles. The predicted molar refractivity (Wildman–Crippen MR) is 69.8 cm³/mol. The van der Waals surface area contributed by atoms with E-state index in [1.54, 1.807) is 0 Å². The standard InChI is InChI=1S/C13H25F3N2O/c1-6-11(2,3)7-17-8-12(4,5)9-18-10(19)13(14,15)16/h17H,6-9H2,1-5H3,(H,18,19). The van der Waals surface area contributed by atoms with Crippen LogP contribution in [0.1, 0.15) is 41.0 Å². The number of alkyl halides is 3. The van der Waals surface area contributed by atoms with Gasteiger partial charge in [0.05, 0.1) is 0 Å². The summed E-state index contributed by atoms with van der Waals surface area (Å²) in [6.07, 6.45) is -3.79. The van der Waals surface area contributed by atoms with Crippen LogP contribution in [0.2, 0.25) is 0 Å². The summed E-state index contributed by atoms with van der Waals surface area (Å²) in [6, 6.07) is 0. The van der Waals surface area contributed by atoms with Crippen molar-refractivity contribution in [1.29, 1.82) is 0 Å². The van der Waals surface area contributed by atoms with Gasteiger partial charge in [-0.3, -0.25) is 4.79 Å². The average Bonchev–Trinajstić information content (AvgIpc) is 2.24. The van der Waals surface area contributed by atoms with Gasteiger partial charge in [-0.1, -0.05) is 34.6 Å². The number of carbonyl (C=O) groups excluding carboxylic acids is 1. The van der Waals surface area contributed by atoms with Gasteiger partial charge in [-0.2, -0.15) is 13.2 Å². The number of nitrogens with one attached hydrogen (secondary N) is 2. The molecule has 1 amide bonds. The third-order valence-corrected chi connectivity index (χ3v) is 3.15. The van der Waals surface area contributed by atoms with Gasteiger partial charge in [0.15, 0.2) is 0 Å². The first-order valence-electron chi connectivity index (χ1n) is 6.45. The minimum atomic E-state index is -4.81. The molecule has 0 aromatic carbocycles. The third kappa shape index (κ3) is 8.08. The molecule has 3 nitrogen and oxygen atoms in total. The molecule has 0 unspecified atom stereocenters. The number of halogens is 3. The van der Waals surface area contributed by atoms with Crippen molar-refractivity contribution in [2.45, 2.75) is 47.2 Å². The van der Waals surface area contributed by atoms with Crippen molar-refractivity contribution in [3.63, 3.8) is 0 Å². The summed E-state index contributed by atoms with van der Waals surface area (Å²) < 4.78 is 36.2. The Morgan fingerprint density at radius 3 is 1.84 bits per heavy atom. The van der Waals surface area contributed by atoms with E-state index in [4.69, 9.17) is 0 Å². The molecule has 19 heavy (non-hydrogen) atoms. The van der Waals surface area contributed by atoms with E-state index in [1.165, 1.54) is 0 Å². The Labute approximate surface area is 113 Å². The van der Waals surface area contributed by atoms with Crippen molar-refractivity contribution >= 4 is 5.91 Å². The quantitative estimate of drug-likeness (QED) is 0.754. The molecule has 0 aromatic rings. The topological polar surface area (TPSA) is 41.1 Å². The molecule has 0 radical (unpaired) electrons. The second-order valence-electron chi connectivity index (χ2n) is 6.47. The zero-order chi connectivity index (χ0) is 15.3. The summed E-state index contributed by atoms with van der Waals surface area (Å²) in [5.41, 5.74) is -0.268. The van der Waals surface area contributed by atoms with E-state index in [9.17, 15) is 18.0 Å². The average molecular weight is 282 g/mol. The van der Waals surface area contributed by atoms with Crippen molar-refractivity contribution in [2.75, 3.05) is 19.6 Å². The minimum Gasteiger partial charge on any atom is -0.348 e. The normalized spacial score (nSPS) is 13.5. The lowest BCUT2D eigenvalue weighted by Gasteiger charge is -2.29. The highest BCUT2D eigenvalue weighted by Gasteiger charge is 2.39. The van der Waals surface area contributed by atoms with Crippen LogP contribution >= 0.6 is 0 Å². The van der Waals surface area contributed by atoms with Gasteiger partial charge in [0, 0.05) is 19.6 Å². The van der Waals surface area contributed by atoms with Crippen LogP contribution in [0.4, 0.5) is 13.2 Å². The maximum absolute atomic E-state index is 12.1. The van der Waals surface area contributed by atoms with E-state index < -0.39 is 17.5 Å².